The van der Waals surface area contributed by atoms with Gasteiger partial charge in [-0.15, -0.1) is 12.4 Å². The van der Waals surface area contributed by atoms with Gasteiger partial charge in [-0.2, -0.15) is 0 Å². The molecule has 1 fully saturated rings. The van der Waals surface area contributed by atoms with Crippen LogP contribution in [0.5, 0.6) is 0 Å². The summed E-state index contributed by atoms with van der Waals surface area (Å²) in [6.07, 6.45) is 3.71. The topological polar surface area (TPSA) is 64.3 Å². The number of ether oxygens (including phenoxy) is 1. The van der Waals surface area contributed by atoms with Gasteiger partial charge in [0.2, 0.25) is 0 Å². The number of rotatable bonds is 3. The first-order chi connectivity index (χ1) is 6.87. The summed E-state index contributed by atoms with van der Waals surface area (Å²) in [6, 6.07) is 0. The van der Waals surface area contributed by atoms with Crippen LogP contribution >= 0.6 is 12.4 Å². The van der Waals surface area contributed by atoms with E-state index in [9.17, 15) is 4.79 Å². The fourth-order valence-electron chi connectivity index (χ4n) is 1.84. The molecule has 1 saturated carbocycles. The standard InChI is InChI=1S/C11H22N2O2.ClH/c1-10(2,3)15-9(14)13-11(7-8-12)5-4-6-11;/h4-8,12H2,1-3H3,(H,13,14);1H. The van der Waals surface area contributed by atoms with E-state index in [0.29, 0.717) is 6.54 Å². The molecular weight excluding hydrogens is 228 g/mol. The molecule has 1 aliphatic carbocycles. The number of carbonyl (C=O) groups is 1. The first-order valence-corrected chi connectivity index (χ1v) is 5.58. The van der Waals surface area contributed by atoms with Crippen LogP contribution in [0.3, 0.4) is 0 Å². The van der Waals surface area contributed by atoms with E-state index in [1.165, 1.54) is 0 Å². The van der Waals surface area contributed by atoms with Crippen LogP contribution in [0.4, 0.5) is 4.79 Å². The van der Waals surface area contributed by atoms with Crippen LogP contribution in [-0.4, -0.2) is 23.8 Å². The fourth-order valence-corrected chi connectivity index (χ4v) is 1.84. The van der Waals surface area contributed by atoms with Gasteiger partial charge < -0.3 is 15.8 Å². The lowest BCUT2D eigenvalue weighted by Gasteiger charge is -2.42. The molecule has 1 aliphatic rings. The van der Waals surface area contributed by atoms with E-state index in [1.807, 2.05) is 20.8 Å². The minimum Gasteiger partial charge on any atom is -0.444 e. The molecule has 0 aliphatic heterocycles. The normalized spacial score (nSPS) is 18.0. The zero-order valence-corrected chi connectivity index (χ0v) is 11.2. The number of alkyl carbamates (subject to hydrolysis) is 1. The van der Waals surface area contributed by atoms with Crippen molar-refractivity contribution >= 4 is 18.5 Å². The minimum absolute atomic E-state index is 0. The van der Waals surface area contributed by atoms with Crippen LogP contribution in [0.25, 0.3) is 0 Å². The molecule has 0 aromatic rings. The minimum atomic E-state index is -0.433. The number of halogens is 1. The van der Waals surface area contributed by atoms with Gasteiger partial charge in [-0.25, -0.2) is 4.79 Å². The van der Waals surface area contributed by atoms with Crippen LogP contribution in [0.2, 0.25) is 0 Å². The van der Waals surface area contributed by atoms with Crippen molar-refractivity contribution < 1.29 is 9.53 Å². The van der Waals surface area contributed by atoms with Crippen molar-refractivity contribution in [3.63, 3.8) is 0 Å². The Labute approximate surface area is 104 Å². The Bertz CT molecular complexity index is 235. The fraction of sp³-hybridized carbons (Fsp3) is 0.909. The molecule has 1 amide bonds. The maximum atomic E-state index is 11.6. The van der Waals surface area contributed by atoms with E-state index in [1.54, 1.807) is 0 Å². The van der Waals surface area contributed by atoms with E-state index in [2.05, 4.69) is 5.32 Å². The molecule has 3 N–H and O–H groups in total. The third-order valence-electron chi connectivity index (χ3n) is 2.70. The zero-order chi connectivity index (χ0) is 11.5. The molecule has 0 heterocycles. The smallest absolute Gasteiger partial charge is 0.408 e. The summed E-state index contributed by atoms with van der Waals surface area (Å²) in [7, 11) is 0. The average Bonchev–Trinajstić information content (AvgIpc) is 1.96. The van der Waals surface area contributed by atoms with Crippen LogP contribution < -0.4 is 11.1 Å². The Balaban J connectivity index is 0.00000225. The van der Waals surface area contributed by atoms with Crippen molar-refractivity contribution in [1.82, 2.24) is 5.32 Å². The summed E-state index contributed by atoms with van der Waals surface area (Å²) in [5, 5.41) is 2.95. The average molecular weight is 251 g/mol. The van der Waals surface area contributed by atoms with Crippen LogP contribution in [0.1, 0.15) is 46.5 Å². The number of hydrogen-bond donors (Lipinski definition) is 2. The van der Waals surface area contributed by atoms with Crippen LogP contribution in [0, 0.1) is 0 Å². The van der Waals surface area contributed by atoms with E-state index >= 15 is 0 Å². The molecular formula is C11H23ClN2O2. The molecule has 0 aromatic heterocycles. The molecule has 4 nitrogen and oxygen atoms in total. The predicted molar refractivity (Wildman–Crippen MR) is 66.9 cm³/mol. The second kappa shape index (κ2) is 5.73. The van der Waals surface area contributed by atoms with Gasteiger partial charge in [0, 0.05) is 5.54 Å². The molecule has 0 spiro atoms. The van der Waals surface area contributed by atoms with Crippen LogP contribution in [-0.2, 0) is 4.74 Å². The van der Waals surface area contributed by atoms with Gasteiger partial charge in [0.1, 0.15) is 5.60 Å². The van der Waals surface area contributed by atoms with E-state index < -0.39 is 5.60 Å². The Morgan fingerprint density at radius 2 is 2.00 bits per heavy atom. The summed E-state index contributed by atoms with van der Waals surface area (Å²) in [5.74, 6) is 0. The van der Waals surface area contributed by atoms with E-state index in [4.69, 9.17) is 10.5 Å². The summed E-state index contributed by atoms with van der Waals surface area (Å²) in [5.41, 5.74) is 5.02. The van der Waals surface area contributed by atoms with Gasteiger partial charge in [-0.05, 0) is 53.0 Å². The Morgan fingerprint density at radius 3 is 2.31 bits per heavy atom. The van der Waals surface area contributed by atoms with Crippen molar-refractivity contribution in [2.75, 3.05) is 6.54 Å². The maximum absolute atomic E-state index is 11.6. The summed E-state index contributed by atoms with van der Waals surface area (Å²) in [6.45, 7) is 6.20. The van der Waals surface area contributed by atoms with E-state index in [-0.39, 0.29) is 24.0 Å². The SMILES string of the molecule is CC(C)(C)OC(=O)NC1(CCN)CCC1.Cl. The predicted octanol–water partition coefficient (Wildman–Crippen LogP) is 2.20. The van der Waals surface area contributed by atoms with Gasteiger partial charge in [0.05, 0.1) is 0 Å². The Morgan fingerprint density at radius 1 is 1.44 bits per heavy atom. The number of hydrogen-bond acceptors (Lipinski definition) is 3. The van der Waals surface area contributed by atoms with Gasteiger partial charge in [0.15, 0.2) is 0 Å². The van der Waals surface area contributed by atoms with Crippen molar-refractivity contribution in [1.29, 1.82) is 0 Å². The molecule has 1 rings (SSSR count). The highest BCUT2D eigenvalue weighted by molar-refractivity contribution is 5.85. The van der Waals surface area contributed by atoms with Crippen molar-refractivity contribution in [2.24, 2.45) is 5.73 Å². The second-order valence-corrected chi connectivity index (χ2v) is 5.30. The van der Waals surface area contributed by atoms with Gasteiger partial charge in [-0.3, -0.25) is 0 Å². The highest BCUT2D eigenvalue weighted by Gasteiger charge is 2.38. The molecule has 0 radical (unpaired) electrons. The molecule has 0 unspecified atom stereocenters. The summed E-state index contributed by atoms with van der Waals surface area (Å²) < 4.78 is 5.22. The highest BCUT2D eigenvalue weighted by Crippen LogP contribution is 2.34. The van der Waals surface area contributed by atoms with Crippen molar-refractivity contribution in [3.05, 3.63) is 0 Å². The number of amides is 1. The second-order valence-electron chi connectivity index (χ2n) is 5.30. The first kappa shape index (κ1) is 15.5. The Hall–Kier alpha value is -0.480. The third-order valence-corrected chi connectivity index (χ3v) is 2.70. The number of carbonyl (C=O) groups excluding carboxylic acids is 1. The van der Waals surface area contributed by atoms with E-state index in [0.717, 1.165) is 25.7 Å². The zero-order valence-electron chi connectivity index (χ0n) is 10.3. The number of nitrogens with one attached hydrogen (secondary N) is 1. The summed E-state index contributed by atoms with van der Waals surface area (Å²) >= 11 is 0. The first-order valence-electron chi connectivity index (χ1n) is 5.58. The van der Waals surface area contributed by atoms with Gasteiger partial charge in [0.25, 0.3) is 0 Å². The molecule has 0 bridgehead atoms. The van der Waals surface area contributed by atoms with Crippen LogP contribution in [0.15, 0.2) is 0 Å². The maximum Gasteiger partial charge on any atom is 0.408 e. The lowest BCUT2D eigenvalue weighted by molar-refractivity contribution is 0.0374. The molecule has 0 aromatic carbocycles. The summed E-state index contributed by atoms with van der Waals surface area (Å²) in [4.78, 5) is 11.6. The monoisotopic (exact) mass is 250 g/mol. The molecule has 0 saturated heterocycles. The van der Waals surface area contributed by atoms with Crippen molar-refractivity contribution in [2.45, 2.75) is 57.6 Å². The molecule has 96 valence electrons. The Kier molecular flexibility index (Phi) is 5.56. The largest absolute Gasteiger partial charge is 0.444 e. The molecule has 0 atom stereocenters. The highest BCUT2D eigenvalue weighted by atomic mass is 35.5. The lowest BCUT2D eigenvalue weighted by atomic mass is 9.74. The molecule has 5 heteroatoms. The van der Waals surface area contributed by atoms with Gasteiger partial charge >= 0.3 is 6.09 Å². The third kappa shape index (κ3) is 4.58. The molecule has 16 heavy (non-hydrogen) atoms. The quantitative estimate of drug-likeness (QED) is 0.807. The number of nitrogens with two attached hydrogens (primary N) is 1. The van der Waals surface area contributed by atoms with Gasteiger partial charge in [-0.1, -0.05) is 0 Å². The lowest BCUT2D eigenvalue weighted by Crippen LogP contribution is -2.55. The van der Waals surface area contributed by atoms with Crippen molar-refractivity contribution in [3.8, 4) is 0 Å².